The Morgan fingerprint density at radius 3 is 2.20 bits per heavy atom. The Hall–Kier alpha value is -2.45. The third-order valence-electron chi connectivity index (χ3n) is 3.40. The van der Waals surface area contributed by atoms with E-state index >= 15 is 0 Å². The molecule has 20 heavy (non-hydrogen) atoms. The van der Waals surface area contributed by atoms with E-state index in [9.17, 15) is 9.90 Å². The molecule has 1 atom stereocenters. The van der Waals surface area contributed by atoms with Gasteiger partial charge in [-0.15, -0.1) is 0 Å². The first kappa shape index (κ1) is 12.6. The van der Waals surface area contributed by atoms with Crippen LogP contribution in [0.5, 0.6) is 0 Å². The summed E-state index contributed by atoms with van der Waals surface area (Å²) in [7, 11) is 0. The number of aliphatic hydroxyl groups excluding tert-OH is 1. The average Bonchev–Trinajstić information content (AvgIpc) is 2.54. The minimum Gasteiger partial charge on any atom is -0.380 e. The number of aliphatic hydroxyl groups is 1. The largest absolute Gasteiger partial charge is 0.380 e. The number of benzene rings is 3. The molecule has 0 amide bonds. The molecular weight excluding hydrogens is 248 g/mol. The van der Waals surface area contributed by atoms with E-state index < -0.39 is 6.10 Å². The molecule has 2 heteroatoms. The minimum absolute atomic E-state index is 0.276. The van der Waals surface area contributed by atoms with Crippen molar-refractivity contribution in [3.63, 3.8) is 0 Å². The summed E-state index contributed by atoms with van der Waals surface area (Å²) in [6.07, 6.45) is -1.11. The van der Waals surface area contributed by atoms with Crippen molar-refractivity contribution < 1.29 is 9.90 Å². The van der Waals surface area contributed by atoms with Crippen LogP contribution in [0.3, 0.4) is 0 Å². The van der Waals surface area contributed by atoms with Gasteiger partial charge in [0.1, 0.15) is 6.10 Å². The van der Waals surface area contributed by atoms with Gasteiger partial charge < -0.3 is 5.11 Å². The predicted octanol–water partition coefficient (Wildman–Crippen LogP) is 3.76. The lowest BCUT2D eigenvalue weighted by molar-refractivity contribution is 0.0747. The molecular formula is C18H14O2. The quantitative estimate of drug-likeness (QED) is 0.730. The molecule has 0 aliphatic carbocycles. The highest BCUT2D eigenvalue weighted by Crippen LogP contribution is 2.21. The molecule has 2 nitrogen and oxygen atoms in total. The molecule has 0 aromatic heterocycles. The normalized spacial score (nSPS) is 12.2. The van der Waals surface area contributed by atoms with Crippen LogP contribution in [0.25, 0.3) is 10.8 Å². The summed E-state index contributed by atoms with van der Waals surface area (Å²) in [6.45, 7) is 0. The number of carbonyl (C=O) groups is 1. The van der Waals surface area contributed by atoms with Gasteiger partial charge in [0.15, 0.2) is 5.78 Å². The van der Waals surface area contributed by atoms with Gasteiger partial charge in [-0.3, -0.25) is 4.79 Å². The van der Waals surface area contributed by atoms with E-state index in [1.807, 2.05) is 54.6 Å². The number of Topliss-reactive ketones (excluding diaryl/α,β-unsaturated/α-hetero) is 1. The van der Waals surface area contributed by atoms with Crippen LogP contribution in [-0.4, -0.2) is 10.9 Å². The van der Waals surface area contributed by atoms with Crippen LogP contribution < -0.4 is 0 Å². The van der Waals surface area contributed by atoms with Crippen molar-refractivity contribution in [2.24, 2.45) is 0 Å². The van der Waals surface area contributed by atoms with Crippen LogP contribution in [0.2, 0.25) is 0 Å². The molecule has 0 saturated carbocycles. The lowest BCUT2D eigenvalue weighted by Gasteiger charge is -2.10. The van der Waals surface area contributed by atoms with Crippen molar-refractivity contribution in [3.05, 3.63) is 83.9 Å². The molecule has 0 bridgehead atoms. The third-order valence-corrected chi connectivity index (χ3v) is 3.40. The van der Waals surface area contributed by atoms with E-state index in [1.165, 1.54) is 0 Å². The van der Waals surface area contributed by atoms with Crippen molar-refractivity contribution in [2.45, 2.75) is 6.10 Å². The zero-order chi connectivity index (χ0) is 13.9. The second-order valence-corrected chi connectivity index (χ2v) is 4.74. The Bertz CT molecular complexity index is 747. The Kier molecular flexibility index (Phi) is 3.32. The second-order valence-electron chi connectivity index (χ2n) is 4.74. The highest BCUT2D eigenvalue weighted by atomic mass is 16.3. The molecule has 0 saturated heterocycles. The number of carbonyl (C=O) groups excluding carboxylic acids is 1. The third kappa shape index (κ3) is 2.33. The zero-order valence-corrected chi connectivity index (χ0v) is 10.9. The van der Waals surface area contributed by atoms with Crippen LogP contribution >= 0.6 is 0 Å². The summed E-state index contributed by atoms with van der Waals surface area (Å²) in [5.74, 6) is -0.276. The molecule has 1 N–H and O–H groups in total. The van der Waals surface area contributed by atoms with Gasteiger partial charge >= 0.3 is 0 Å². The summed E-state index contributed by atoms with van der Waals surface area (Å²) >= 11 is 0. The fourth-order valence-corrected chi connectivity index (χ4v) is 2.29. The topological polar surface area (TPSA) is 37.3 Å². The highest BCUT2D eigenvalue weighted by Gasteiger charge is 2.18. The fourth-order valence-electron chi connectivity index (χ4n) is 2.29. The summed E-state index contributed by atoms with van der Waals surface area (Å²) in [5, 5.41) is 12.2. The molecule has 0 unspecified atom stereocenters. The molecule has 3 rings (SSSR count). The number of hydrogen-bond acceptors (Lipinski definition) is 2. The fraction of sp³-hybridized carbons (Fsp3) is 0.0556. The van der Waals surface area contributed by atoms with E-state index in [-0.39, 0.29) is 5.78 Å². The average molecular weight is 262 g/mol. The maximum absolute atomic E-state index is 12.3. The Labute approximate surface area is 117 Å². The van der Waals surface area contributed by atoms with Gasteiger partial charge in [0.25, 0.3) is 0 Å². The number of ketones is 1. The molecule has 3 aromatic carbocycles. The van der Waals surface area contributed by atoms with E-state index in [2.05, 4.69) is 0 Å². The maximum atomic E-state index is 12.3. The maximum Gasteiger partial charge on any atom is 0.195 e. The SMILES string of the molecule is O=C(c1ccc2ccccc2c1)[C@@H](O)c1ccccc1. The van der Waals surface area contributed by atoms with Crippen molar-refractivity contribution in [2.75, 3.05) is 0 Å². The molecule has 0 aliphatic rings. The first-order chi connectivity index (χ1) is 9.75. The number of fused-ring (bicyclic) bond motifs is 1. The number of rotatable bonds is 3. The van der Waals surface area contributed by atoms with E-state index in [4.69, 9.17) is 0 Å². The summed E-state index contributed by atoms with van der Waals surface area (Å²) in [4.78, 5) is 12.3. The van der Waals surface area contributed by atoms with Crippen molar-refractivity contribution in [1.29, 1.82) is 0 Å². The lowest BCUT2D eigenvalue weighted by Crippen LogP contribution is -2.12. The van der Waals surface area contributed by atoms with Gasteiger partial charge in [-0.2, -0.15) is 0 Å². The van der Waals surface area contributed by atoms with Crippen LogP contribution in [0.1, 0.15) is 22.0 Å². The van der Waals surface area contributed by atoms with Gasteiger partial charge in [0.05, 0.1) is 0 Å². The molecule has 0 radical (unpaired) electrons. The van der Waals surface area contributed by atoms with Crippen molar-refractivity contribution >= 4 is 16.6 Å². The molecule has 0 spiro atoms. The summed E-state index contributed by atoms with van der Waals surface area (Å²) in [5.41, 5.74) is 1.14. The Morgan fingerprint density at radius 1 is 0.800 bits per heavy atom. The van der Waals surface area contributed by atoms with E-state index in [0.29, 0.717) is 11.1 Å². The van der Waals surface area contributed by atoms with E-state index in [0.717, 1.165) is 10.8 Å². The predicted molar refractivity (Wildman–Crippen MR) is 79.7 cm³/mol. The van der Waals surface area contributed by atoms with Crippen LogP contribution in [0, 0.1) is 0 Å². The highest BCUT2D eigenvalue weighted by molar-refractivity contribution is 6.02. The summed E-state index contributed by atoms with van der Waals surface area (Å²) < 4.78 is 0. The molecule has 3 aromatic rings. The first-order valence-electron chi connectivity index (χ1n) is 6.52. The first-order valence-corrected chi connectivity index (χ1v) is 6.52. The van der Waals surface area contributed by atoms with Gasteiger partial charge in [-0.25, -0.2) is 0 Å². The van der Waals surface area contributed by atoms with Gasteiger partial charge in [-0.05, 0) is 22.4 Å². The van der Waals surface area contributed by atoms with Crippen LogP contribution in [-0.2, 0) is 0 Å². The van der Waals surface area contributed by atoms with Gasteiger partial charge in [0.2, 0.25) is 0 Å². The van der Waals surface area contributed by atoms with Crippen molar-refractivity contribution in [1.82, 2.24) is 0 Å². The minimum atomic E-state index is -1.11. The van der Waals surface area contributed by atoms with Crippen molar-refractivity contribution in [3.8, 4) is 0 Å². The van der Waals surface area contributed by atoms with Gasteiger partial charge in [-0.1, -0.05) is 66.7 Å². The van der Waals surface area contributed by atoms with E-state index in [1.54, 1.807) is 18.2 Å². The van der Waals surface area contributed by atoms with Crippen LogP contribution in [0.15, 0.2) is 72.8 Å². The molecule has 98 valence electrons. The molecule has 0 aliphatic heterocycles. The number of hydrogen-bond donors (Lipinski definition) is 1. The Balaban J connectivity index is 1.96. The zero-order valence-electron chi connectivity index (χ0n) is 10.9. The summed E-state index contributed by atoms with van der Waals surface area (Å²) in [6, 6.07) is 22.3. The second kappa shape index (κ2) is 5.27. The lowest BCUT2D eigenvalue weighted by atomic mass is 9.98. The Morgan fingerprint density at radius 2 is 1.45 bits per heavy atom. The standard InChI is InChI=1S/C18H14O2/c19-17(14-7-2-1-3-8-14)18(20)16-11-10-13-6-4-5-9-15(13)12-16/h1-12,17,19H/t17-/m0/s1. The van der Waals surface area contributed by atoms with Crippen LogP contribution in [0.4, 0.5) is 0 Å². The smallest absolute Gasteiger partial charge is 0.195 e. The molecule has 0 heterocycles. The van der Waals surface area contributed by atoms with Gasteiger partial charge in [0, 0.05) is 5.56 Å². The monoisotopic (exact) mass is 262 g/mol. The molecule has 0 fully saturated rings.